The Labute approximate surface area is 151 Å². The summed E-state index contributed by atoms with van der Waals surface area (Å²) in [6.07, 6.45) is 3.48. The van der Waals surface area contributed by atoms with Crippen LogP contribution in [-0.4, -0.2) is 15.5 Å². The number of anilines is 1. The first-order valence-corrected chi connectivity index (χ1v) is 8.72. The average molecular weight is 350 g/mol. The third-order valence-electron chi connectivity index (χ3n) is 4.26. The number of fused-ring (bicyclic) bond motifs is 1. The van der Waals surface area contributed by atoms with E-state index in [-0.39, 0.29) is 11.1 Å². The van der Waals surface area contributed by atoms with E-state index in [2.05, 4.69) is 17.2 Å². The molecule has 1 aromatic carbocycles. The van der Waals surface area contributed by atoms with Gasteiger partial charge in [0.25, 0.3) is 5.91 Å². The zero-order valence-electron chi connectivity index (χ0n) is 14.7. The second-order valence-electron chi connectivity index (χ2n) is 6.19. The Morgan fingerprint density at radius 2 is 1.96 bits per heavy atom. The first-order chi connectivity index (χ1) is 12.6. The van der Waals surface area contributed by atoms with E-state index >= 15 is 0 Å². The van der Waals surface area contributed by atoms with E-state index in [0.29, 0.717) is 24.4 Å². The Kier molecular flexibility index (Phi) is 5.31. The van der Waals surface area contributed by atoms with Crippen LogP contribution in [0.3, 0.4) is 0 Å². The standard InChI is InChI=1S/C20H22N4O2/c1-2-3-11-24-13-15(20(21)26)19(25)18-16(24)9-10-17(23-18)22-12-14-7-5-4-6-8-14/h4-10,13H,2-3,11-12H2,1H3,(H2,21,26)(H,22,23). The lowest BCUT2D eigenvalue weighted by Gasteiger charge is -2.13. The number of amides is 1. The smallest absolute Gasteiger partial charge is 0.254 e. The molecule has 0 radical (unpaired) electrons. The zero-order valence-corrected chi connectivity index (χ0v) is 14.7. The van der Waals surface area contributed by atoms with Crippen LogP contribution in [0.25, 0.3) is 11.0 Å². The molecule has 134 valence electrons. The van der Waals surface area contributed by atoms with Crippen molar-refractivity contribution in [2.45, 2.75) is 32.9 Å². The number of nitrogens with zero attached hydrogens (tertiary/aromatic N) is 2. The fraction of sp³-hybridized carbons (Fsp3) is 0.250. The maximum Gasteiger partial charge on any atom is 0.254 e. The highest BCUT2D eigenvalue weighted by atomic mass is 16.2. The van der Waals surface area contributed by atoms with Crippen molar-refractivity contribution >= 4 is 22.8 Å². The maximum absolute atomic E-state index is 12.6. The van der Waals surface area contributed by atoms with E-state index < -0.39 is 11.3 Å². The molecule has 0 atom stereocenters. The van der Waals surface area contributed by atoms with Crippen LogP contribution in [-0.2, 0) is 13.1 Å². The van der Waals surface area contributed by atoms with Crippen molar-refractivity contribution in [2.75, 3.05) is 5.32 Å². The van der Waals surface area contributed by atoms with E-state index in [1.807, 2.05) is 47.0 Å². The van der Waals surface area contributed by atoms with Crippen molar-refractivity contribution < 1.29 is 4.79 Å². The van der Waals surface area contributed by atoms with Gasteiger partial charge in [0.05, 0.1) is 5.52 Å². The molecule has 6 heteroatoms. The summed E-state index contributed by atoms with van der Waals surface area (Å²) in [6.45, 7) is 3.38. The quantitative estimate of drug-likeness (QED) is 0.685. The fourth-order valence-corrected chi connectivity index (χ4v) is 2.84. The van der Waals surface area contributed by atoms with Crippen LogP contribution in [0.4, 0.5) is 5.82 Å². The van der Waals surface area contributed by atoms with Gasteiger partial charge in [0, 0.05) is 19.3 Å². The van der Waals surface area contributed by atoms with E-state index in [4.69, 9.17) is 5.73 Å². The minimum Gasteiger partial charge on any atom is -0.366 e. The van der Waals surface area contributed by atoms with Crippen molar-refractivity contribution in [1.82, 2.24) is 9.55 Å². The lowest BCUT2D eigenvalue weighted by molar-refractivity contribution is 0.0998. The molecule has 1 amide bonds. The monoisotopic (exact) mass is 350 g/mol. The van der Waals surface area contributed by atoms with Crippen LogP contribution < -0.4 is 16.5 Å². The summed E-state index contributed by atoms with van der Waals surface area (Å²) in [4.78, 5) is 28.7. The SMILES string of the molecule is CCCCn1cc(C(N)=O)c(=O)c2nc(NCc3ccccc3)ccc21. The van der Waals surface area contributed by atoms with E-state index in [0.717, 1.165) is 18.4 Å². The second-order valence-corrected chi connectivity index (χ2v) is 6.19. The normalized spacial score (nSPS) is 10.8. The van der Waals surface area contributed by atoms with Crippen molar-refractivity contribution in [3.05, 3.63) is 70.0 Å². The van der Waals surface area contributed by atoms with Gasteiger partial charge in [-0.3, -0.25) is 9.59 Å². The summed E-state index contributed by atoms with van der Waals surface area (Å²) in [6, 6.07) is 13.6. The molecule has 3 N–H and O–H groups in total. The van der Waals surface area contributed by atoms with Gasteiger partial charge < -0.3 is 15.6 Å². The highest BCUT2D eigenvalue weighted by Crippen LogP contribution is 2.15. The highest BCUT2D eigenvalue weighted by molar-refractivity contribution is 5.95. The lowest BCUT2D eigenvalue weighted by Crippen LogP contribution is -2.25. The number of aromatic nitrogens is 2. The van der Waals surface area contributed by atoms with Crippen LogP contribution in [0.5, 0.6) is 0 Å². The molecule has 0 aliphatic heterocycles. The van der Waals surface area contributed by atoms with Gasteiger partial charge >= 0.3 is 0 Å². The molecule has 0 fully saturated rings. The molecule has 0 aliphatic rings. The minimum atomic E-state index is -0.730. The van der Waals surface area contributed by atoms with E-state index in [1.165, 1.54) is 0 Å². The summed E-state index contributed by atoms with van der Waals surface area (Å²) < 4.78 is 1.88. The van der Waals surface area contributed by atoms with Crippen molar-refractivity contribution in [3.8, 4) is 0 Å². The molecule has 2 aromatic heterocycles. The number of pyridine rings is 2. The number of hydrogen-bond donors (Lipinski definition) is 2. The number of primary amides is 1. The van der Waals surface area contributed by atoms with Crippen LogP contribution in [0.1, 0.15) is 35.7 Å². The number of aryl methyl sites for hydroxylation is 1. The number of hydrogen-bond acceptors (Lipinski definition) is 4. The van der Waals surface area contributed by atoms with Gasteiger partial charge in [-0.15, -0.1) is 0 Å². The summed E-state index contributed by atoms with van der Waals surface area (Å²) in [5.74, 6) is -0.145. The number of benzene rings is 1. The number of nitrogens with one attached hydrogen (secondary N) is 1. The summed E-state index contributed by atoms with van der Waals surface area (Å²) in [7, 11) is 0. The van der Waals surface area contributed by atoms with Crippen LogP contribution in [0.2, 0.25) is 0 Å². The van der Waals surface area contributed by atoms with Gasteiger partial charge in [0.15, 0.2) is 0 Å². The predicted octanol–water partition coefficient (Wildman–Crippen LogP) is 2.91. The Morgan fingerprint density at radius 1 is 1.19 bits per heavy atom. The molecule has 0 saturated heterocycles. The topological polar surface area (TPSA) is 90.0 Å². The Bertz CT molecular complexity index is 980. The molecule has 3 aromatic rings. The number of carbonyl (C=O) groups is 1. The zero-order chi connectivity index (χ0) is 18.5. The predicted molar refractivity (Wildman–Crippen MR) is 103 cm³/mol. The minimum absolute atomic E-state index is 0.0266. The number of carbonyl (C=O) groups excluding carboxylic acids is 1. The van der Waals surface area contributed by atoms with Gasteiger partial charge in [-0.1, -0.05) is 43.7 Å². The fourth-order valence-electron chi connectivity index (χ4n) is 2.84. The molecular formula is C20H22N4O2. The molecule has 2 heterocycles. The highest BCUT2D eigenvalue weighted by Gasteiger charge is 2.14. The molecule has 0 aliphatic carbocycles. The first-order valence-electron chi connectivity index (χ1n) is 8.72. The molecule has 0 bridgehead atoms. The van der Waals surface area contributed by atoms with Gasteiger partial charge in [-0.05, 0) is 24.1 Å². The van der Waals surface area contributed by atoms with Gasteiger partial charge in [-0.25, -0.2) is 4.98 Å². The second kappa shape index (κ2) is 7.82. The maximum atomic E-state index is 12.6. The van der Waals surface area contributed by atoms with E-state index in [1.54, 1.807) is 6.20 Å². The molecule has 6 nitrogen and oxygen atoms in total. The third-order valence-corrected chi connectivity index (χ3v) is 4.26. The molecule has 0 saturated carbocycles. The van der Waals surface area contributed by atoms with Crippen molar-refractivity contribution in [2.24, 2.45) is 5.73 Å². The van der Waals surface area contributed by atoms with Crippen LogP contribution in [0, 0.1) is 0 Å². The summed E-state index contributed by atoms with van der Waals surface area (Å²) >= 11 is 0. The molecule has 0 spiro atoms. The van der Waals surface area contributed by atoms with Gasteiger partial charge in [0.1, 0.15) is 16.9 Å². The molecule has 3 rings (SSSR count). The molecule has 0 unspecified atom stereocenters. The summed E-state index contributed by atoms with van der Waals surface area (Å²) in [5, 5.41) is 3.22. The Balaban J connectivity index is 2.00. The first kappa shape index (κ1) is 17.7. The molecule has 26 heavy (non-hydrogen) atoms. The van der Waals surface area contributed by atoms with Crippen molar-refractivity contribution in [3.63, 3.8) is 0 Å². The van der Waals surface area contributed by atoms with Crippen LogP contribution >= 0.6 is 0 Å². The number of nitrogens with two attached hydrogens (primary N) is 1. The Hall–Kier alpha value is -3.15. The van der Waals surface area contributed by atoms with Crippen LogP contribution in [0.15, 0.2) is 53.5 Å². The Morgan fingerprint density at radius 3 is 2.65 bits per heavy atom. The third kappa shape index (κ3) is 3.74. The number of rotatable bonds is 7. The average Bonchev–Trinajstić information content (AvgIpc) is 2.66. The van der Waals surface area contributed by atoms with E-state index in [9.17, 15) is 9.59 Å². The lowest BCUT2D eigenvalue weighted by atomic mass is 10.2. The molecular weight excluding hydrogens is 328 g/mol. The largest absolute Gasteiger partial charge is 0.366 e. The summed E-state index contributed by atoms with van der Waals surface area (Å²) in [5.41, 5.74) is 7.00. The van der Waals surface area contributed by atoms with Crippen molar-refractivity contribution in [1.29, 1.82) is 0 Å². The van der Waals surface area contributed by atoms with Gasteiger partial charge in [-0.2, -0.15) is 0 Å². The number of unbranched alkanes of at least 4 members (excludes halogenated alkanes) is 1. The van der Waals surface area contributed by atoms with Gasteiger partial charge in [0.2, 0.25) is 5.43 Å².